The Kier molecular flexibility index (Phi) is 3.01. The number of fused-ring (bicyclic) bond motifs is 2. The predicted molar refractivity (Wildman–Crippen MR) is 70.5 cm³/mol. The van der Waals surface area contributed by atoms with Crippen molar-refractivity contribution in [3.8, 4) is 0 Å². The molecule has 2 bridgehead atoms. The Labute approximate surface area is 111 Å². The summed E-state index contributed by atoms with van der Waals surface area (Å²) in [6.07, 6.45) is 2.84. The van der Waals surface area contributed by atoms with E-state index in [0.717, 1.165) is 24.9 Å². The molecule has 0 heterocycles. The first-order valence-electron chi connectivity index (χ1n) is 6.75. The normalized spacial score (nSPS) is 32.2. The molecule has 4 atom stereocenters. The lowest BCUT2D eigenvalue weighted by molar-refractivity contribution is -0.148. The summed E-state index contributed by atoms with van der Waals surface area (Å²) < 4.78 is 0. The van der Waals surface area contributed by atoms with Gasteiger partial charge in [-0.15, -0.1) is 0 Å². The Bertz CT molecular complexity index is 499. The van der Waals surface area contributed by atoms with Crippen molar-refractivity contribution in [2.75, 3.05) is 5.32 Å². The SMILES string of the molecule is O=C(O)[C@@H]1[C@H]2CC[C@@H](C2)[C@H]1C(=O)Nc1ccccc1. The van der Waals surface area contributed by atoms with Crippen molar-refractivity contribution in [1.29, 1.82) is 0 Å². The van der Waals surface area contributed by atoms with Crippen molar-refractivity contribution in [1.82, 2.24) is 0 Å². The first kappa shape index (κ1) is 12.2. The van der Waals surface area contributed by atoms with Gasteiger partial charge in [0.25, 0.3) is 0 Å². The largest absolute Gasteiger partial charge is 0.481 e. The van der Waals surface area contributed by atoms with Crippen LogP contribution in [0.2, 0.25) is 0 Å². The Balaban J connectivity index is 1.77. The maximum Gasteiger partial charge on any atom is 0.307 e. The second kappa shape index (κ2) is 4.68. The number of carbonyl (C=O) groups is 2. The lowest BCUT2D eigenvalue weighted by atomic mass is 9.78. The summed E-state index contributed by atoms with van der Waals surface area (Å²) in [7, 11) is 0. The number of benzene rings is 1. The molecule has 100 valence electrons. The topological polar surface area (TPSA) is 66.4 Å². The zero-order valence-electron chi connectivity index (χ0n) is 10.6. The number of carboxylic acid groups (broad SMARTS) is 1. The Morgan fingerprint density at radius 2 is 1.68 bits per heavy atom. The van der Waals surface area contributed by atoms with Crippen molar-refractivity contribution in [3.05, 3.63) is 30.3 Å². The summed E-state index contributed by atoms with van der Waals surface area (Å²) in [5.41, 5.74) is 0.736. The van der Waals surface area contributed by atoms with Gasteiger partial charge >= 0.3 is 5.97 Å². The number of hydrogen-bond acceptors (Lipinski definition) is 2. The molecule has 2 aliphatic carbocycles. The molecule has 0 spiro atoms. The Morgan fingerprint density at radius 1 is 1.05 bits per heavy atom. The fourth-order valence-electron chi connectivity index (χ4n) is 3.77. The summed E-state index contributed by atoms with van der Waals surface area (Å²) in [6, 6.07) is 9.23. The molecule has 19 heavy (non-hydrogen) atoms. The molecule has 0 aromatic heterocycles. The molecule has 0 unspecified atom stereocenters. The van der Waals surface area contributed by atoms with E-state index < -0.39 is 11.9 Å². The van der Waals surface area contributed by atoms with Gasteiger partial charge in [-0.2, -0.15) is 0 Å². The number of aliphatic carboxylic acids is 1. The molecule has 2 N–H and O–H groups in total. The zero-order chi connectivity index (χ0) is 13.4. The van der Waals surface area contributed by atoms with Crippen LogP contribution in [0, 0.1) is 23.7 Å². The number of rotatable bonds is 3. The highest BCUT2D eigenvalue weighted by Gasteiger charge is 2.53. The highest BCUT2D eigenvalue weighted by atomic mass is 16.4. The second-order valence-electron chi connectivity index (χ2n) is 5.58. The van der Waals surface area contributed by atoms with Crippen LogP contribution in [0.15, 0.2) is 30.3 Å². The molecule has 1 amide bonds. The zero-order valence-corrected chi connectivity index (χ0v) is 10.6. The third-order valence-corrected chi connectivity index (χ3v) is 4.55. The number of carbonyl (C=O) groups excluding carboxylic acids is 1. The Morgan fingerprint density at radius 3 is 2.32 bits per heavy atom. The van der Waals surface area contributed by atoms with Crippen molar-refractivity contribution in [3.63, 3.8) is 0 Å². The van der Waals surface area contributed by atoms with Crippen molar-refractivity contribution >= 4 is 17.6 Å². The minimum atomic E-state index is -0.819. The summed E-state index contributed by atoms with van der Waals surface area (Å²) in [4.78, 5) is 23.7. The van der Waals surface area contributed by atoms with Crippen molar-refractivity contribution in [2.45, 2.75) is 19.3 Å². The highest BCUT2D eigenvalue weighted by Crippen LogP contribution is 2.52. The summed E-state index contributed by atoms with van der Waals surface area (Å²) >= 11 is 0. The van der Waals surface area contributed by atoms with Gasteiger partial charge in [-0.25, -0.2) is 0 Å². The van der Waals surface area contributed by atoms with E-state index >= 15 is 0 Å². The van der Waals surface area contributed by atoms with Crippen LogP contribution in [-0.2, 0) is 9.59 Å². The van der Waals surface area contributed by atoms with Gasteiger partial charge < -0.3 is 10.4 Å². The van der Waals surface area contributed by atoms with Gasteiger partial charge in [0.1, 0.15) is 0 Å². The van der Waals surface area contributed by atoms with Crippen LogP contribution in [0.1, 0.15) is 19.3 Å². The lowest BCUT2D eigenvalue weighted by Gasteiger charge is -2.27. The summed E-state index contributed by atoms with van der Waals surface area (Å²) in [5.74, 6) is -1.38. The average molecular weight is 259 g/mol. The first-order valence-corrected chi connectivity index (χ1v) is 6.75. The molecule has 0 radical (unpaired) electrons. The maximum absolute atomic E-state index is 12.3. The molecule has 4 heteroatoms. The molecular formula is C15H17NO3. The van der Waals surface area contributed by atoms with Crippen LogP contribution >= 0.6 is 0 Å². The molecule has 0 saturated heterocycles. The summed E-state index contributed by atoms with van der Waals surface area (Å²) in [6.45, 7) is 0. The van der Waals surface area contributed by atoms with Gasteiger partial charge in [-0.1, -0.05) is 18.2 Å². The van der Waals surface area contributed by atoms with E-state index in [9.17, 15) is 14.7 Å². The van der Waals surface area contributed by atoms with Crippen molar-refractivity contribution in [2.24, 2.45) is 23.7 Å². The fraction of sp³-hybridized carbons (Fsp3) is 0.467. The van der Waals surface area contributed by atoms with Gasteiger partial charge in [-0.3, -0.25) is 9.59 Å². The van der Waals surface area contributed by atoms with E-state index in [1.165, 1.54) is 0 Å². The predicted octanol–water partition coefficient (Wildman–Crippen LogP) is 2.37. The molecule has 1 aromatic carbocycles. The van der Waals surface area contributed by atoms with Gasteiger partial charge in [0.2, 0.25) is 5.91 Å². The minimum Gasteiger partial charge on any atom is -0.481 e. The standard InChI is InChI=1S/C15H17NO3/c17-14(16-11-4-2-1-3-5-11)12-9-6-7-10(8-9)13(12)15(18)19/h1-5,9-10,12-13H,6-8H2,(H,16,17)(H,18,19)/t9-,10-,12+,13+/m0/s1. The third kappa shape index (κ3) is 2.11. The number of amides is 1. The van der Waals surface area contributed by atoms with E-state index in [0.29, 0.717) is 0 Å². The minimum absolute atomic E-state index is 0.134. The molecule has 0 aliphatic heterocycles. The van der Waals surface area contributed by atoms with Crippen LogP contribution in [0.25, 0.3) is 0 Å². The lowest BCUT2D eigenvalue weighted by Crippen LogP contribution is -2.37. The van der Waals surface area contributed by atoms with E-state index in [-0.39, 0.29) is 23.7 Å². The van der Waals surface area contributed by atoms with Gasteiger partial charge in [0, 0.05) is 5.69 Å². The van der Waals surface area contributed by atoms with E-state index in [4.69, 9.17) is 0 Å². The van der Waals surface area contributed by atoms with Gasteiger partial charge in [0.05, 0.1) is 11.8 Å². The van der Waals surface area contributed by atoms with Crippen LogP contribution in [0.3, 0.4) is 0 Å². The molecule has 2 aliphatic rings. The van der Waals surface area contributed by atoms with Crippen LogP contribution in [0.5, 0.6) is 0 Å². The van der Waals surface area contributed by atoms with E-state index in [2.05, 4.69) is 5.32 Å². The molecule has 3 rings (SSSR count). The van der Waals surface area contributed by atoms with Crippen LogP contribution in [-0.4, -0.2) is 17.0 Å². The number of para-hydroxylation sites is 1. The number of carboxylic acids is 1. The van der Waals surface area contributed by atoms with Gasteiger partial charge in [-0.05, 0) is 43.2 Å². The average Bonchev–Trinajstić information content (AvgIpc) is 2.99. The van der Waals surface area contributed by atoms with Crippen LogP contribution < -0.4 is 5.32 Å². The van der Waals surface area contributed by atoms with E-state index in [1.807, 2.05) is 30.3 Å². The molecular weight excluding hydrogens is 242 g/mol. The monoisotopic (exact) mass is 259 g/mol. The smallest absolute Gasteiger partial charge is 0.307 e. The quantitative estimate of drug-likeness (QED) is 0.875. The number of nitrogens with one attached hydrogen (secondary N) is 1. The fourth-order valence-corrected chi connectivity index (χ4v) is 3.77. The number of anilines is 1. The maximum atomic E-state index is 12.3. The molecule has 4 nitrogen and oxygen atoms in total. The molecule has 2 fully saturated rings. The number of hydrogen-bond donors (Lipinski definition) is 2. The second-order valence-corrected chi connectivity index (χ2v) is 5.58. The van der Waals surface area contributed by atoms with Gasteiger partial charge in [0.15, 0.2) is 0 Å². The Hall–Kier alpha value is -1.84. The molecule has 2 saturated carbocycles. The third-order valence-electron chi connectivity index (χ3n) is 4.55. The summed E-state index contributed by atoms with van der Waals surface area (Å²) in [5, 5.41) is 12.2. The van der Waals surface area contributed by atoms with E-state index in [1.54, 1.807) is 0 Å². The van der Waals surface area contributed by atoms with Crippen molar-refractivity contribution < 1.29 is 14.7 Å². The van der Waals surface area contributed by atoms with Crippen LogP contribution in [0.4, 0.5) is 5.69 Å². The molecule has 1 aromatic rings. The highest BCUT2D eigenvalue weighted by molar-refractivity contribution is 5.95. The first-order chi connectivity index (χ1) is 9.16.